The Balaban J connectivity index is 2.08. The topological polar surface area (TPSA) is 71.1 Å². The lowest BCUT2D eigenvalue weighted by molar-refractivity contribution is -0.115. The molecule has 0 spiro atoms. The van der Waals surface area contributed by atoms with Gasteiger partial charge in [-0.2, -0.15) is 0 Å². The molecule has 0 aliphatic rings. The number of carbonyl (C=O) groups excluding carboxylic acids is 2. The SMILES string of the molecule is CCC(=O)Nc1cccc(NC(=O)c2ccc(C)cc2)n1. The normalized spacial score (nSPS) is 10.0. The van der Waals surface area contributed by atoms with Gasteiger partial charge in [0.15, 0.2) is 0 Å². The Morgan fingerprint density at radius 3 is 2.24 bits per heavy atom. The molecule has 2 amide bonds. The highest BCUT2D eigenvalue weighted by Gasteiger charge is 2.07. The van der Waals surface area contributed by atoms with Crippen molar-refractivity contribution in [2.24, 2.45) is 0 Å². The van der Waals surface area contributed by atoms with Gasteiger partial charge < -0.3 is 10.6 Å². The van der Waals surface area contributed by atoms with Crippen molar-refractivity contribution in [2.75, 3.05) is 10.6 Å². The first kappa shape index (κ1) is 14.7. The number of rotatable bonds is 4. The fourth-order valence-corrected chi connectivity index (χ4v) is 1.70. The number of hydrogen-bond donors (Lipinski definition) is 2. The van der Waals surface area contributed by atoms with E-state index in [0.717, 1.165) is 5.56 Å². The van der Waals surface area contributed by atoms with Crippen LogP contribution in [0.15, 0.2) is 42.5 Å². The minimum atomic E-state index is -0.235. The average molecular weight is 283 g/mol. The maximum atomic E-state index is 12.1. The first-order chi connectivity index (χ1) is 10.1. The maximum Gasteiger partial charge on any atom is 0.256 e. The molecule has 2 N–H and O–H groups in total. The third-order valence-corrected chi connectivity index (χ3v) is 2.89. The van der Waals surface area contributed by atoms with Crippen LogP contribution in [-0.2, 0) is 4.79 Å². The number of benzene rings is 1. The number of amides is 2. The first-order valence-electron chi connectivity index (χ1n) is 6.73. The highest BCUT2D eigenvalue weighted by atomic mass is 16.2. The third kappa shape index (κ3) is 4.14. The monoisotopic (exact) mass is 283 g/mol. The summed E-state index contributed by atoms with van der Waals surface area (Å²) in [6, 6.07) is 12.3. The largest absolute Gasteiger partial charge is 0.311 e. The minimum Gasteiger partial charge on any atom is -0.311 e. The summed E-state index contributed by atoms with van der Waals surface area (Å²) in [7, 11) is 0. The van der Waals surface area contributed by atoms with Gasteiger partial charge in [0.1, 0.15) is 11.6 Å². The van der Waals surface area contributed by atoms with Crippen molar-refractivity contribution in [1.82, 2.24) is 4.98 Å². The predicted octanol–water partition coefficient (Wildman–Crippen LogP) is 2.99. The molecule has 0 aliphatic heterocycles. The van der Waals surface area contributed by atoms with Crippen LogP contribution in [0.5, 0.6) is 0 Å². The van der Waals surface area contributed by atoms with Crippen molar-refractivity contribution in [3.8, 4) is 0 Å². The number of carbonyl (C=O) groups is 2. The van der Waals surface area contributed by atoms with Gasteiger partial charge in [-0.1, -0.05) is 30.7 Å². The van der Waals surface area contributed by atoms with E-state index in [1.165, 1.54) is 0 Å². The molecule has 1 aromatic heterocycles. The zero-order chi connectivity index (χ0) is 15.2. The Morgan fingerprint density at radius 2 is 1.62 bits per heavy atom. The number of aromatic nitrogens is 1. The molecule has 1 aromatic carbocycles. The third-order valence-electron chi connectivity index (χ3n) is 2.89. The van der Waals surface area contributed by atoms with Crippen molar-refractivity contribution in [3.63, 3.8) is 0 Å². The van der Waals surface area contributed by atoms with Crippen LogP contribution in [-0.4, -0.2) is 16.8 Å². The van der Waals surface area contributed by atoms with Gasteiger partial charge in [0.25, 0.3) is 5.91 Å². The Morgan fingerprint density at radius 1 is 1.00 bits per heavy atom. The second-order valence-electron chi connectivity index (χ2n) is 4.63. The molecule has 21 heavy (non-hydrogen) atoms. The van der Waals surface area contributed by atoms with Gasteiger partial charge in [-0.25, -0.2) is 4.98 Å². The lowest BCUT2D eigenvalue weighted by Crippen LogP contribution is -2.15. The molecular weight excluding hydrogens is 266 g/mol. The molecule has 0 fully saturated rings. The molecular formula is C16H17N3O2. The van der Waals surface area contributed by atoms with Crippen molar-refractivity contribution in [2.45, 2.75) is 20.3 Å². The van der Waals surface area contributed by atoms with E-state index in [1.807, 2.05) is 19.1 Å². The van der Waals surface area contributed by atoms with E-state index in [2.05, 4.69) is 15.6 Å². The lowest BCUT2D eigenvalue weighted by atomic mass is 10.1. The number of pyridine rings is 1. The van der Waals surface area contributed by atoms with Crippen LogP contribution in [0.25, 0.3) is 0 Å². The Hall–Kier alpha value is -2.69. The predicted molar refractivity (Wildman–Crippen MR) is 82.3 cm³/mol. The molecule has 5 nitrogen and oxygen atoms in total. The Kier molecular flexibility index (Phi) is 4.66. The van der Waals surface area contributed by atoms with Crippen molar-refractivity contribution >= 4 is 23.5 Å². The number of nitrogens with zero attached hydrogens (tertiary/aromatic N) is 1. The van der Waals surface area contributed by atoms with Gasteiger partial charge in [0.2, 0.25) is 5.91 Å². The molecule has 2 rings (SSSR count). The number of hydrogen-bond acceptors (Lipinski definition) is 3. The molecule has 108 valence electrons. The number of aryl methyl sites for hydroxylation is 1. The van der Waals surface area contributed by atoms with Crippen LogP contribution in [0.3, 0.4) is 0 Å². The standard InChI is InChI=1S/C16H17N3O2/c1-3-15(20)18-13-5-4-6-14(17-13)19-16(21)12-9-7-11(2)8-10-12/h4-10H,3H2,1-2H3,(H2,17,18,19,20,21). The van der Waals surface area contributed by atoms with E-state index in [1.54, 1.807) is 37.3 Å². The summed E-state index contributed by atoms with van der Waals surface area (Å²) in [5, 5.41) is 5.36. The second-order valence-corrected chi connectivity index (χ2v) is 4.63. The average Bonchev–Trinajstić information content (AvgIpc) is 2.48. The van der Waals surface area contributed by atoms with E-state index in [0.29, 0.717) is 23.6 Å². The molecule has 0 atom stereocenters. The van der Waals surface area contributed by atoms with Crippen LogP contribution >= 0.6 is 0 Å². The number of nitrogens with one attached hydrogen (secondary N) is 2. The van der Waals surface area contributed by atoms with Crippen LogP contribution in [0.2, 0.25) is 0 Å². The summed E-state index contributed by atoms with van der Waals surface area (Å²) in [6.45, 7) is 3.72. The second kappa shape index (κ2) is 6.65. The first-order valence-corrected chi connectivity index (χ1v) is 6.73. The van der Waals surface area contributed by atoms with E-state index < -0.39 is 0 Å². The highest BCUT2D eigenvalue weighted by Crippen LogP contribution is 2.11. The molecule has 0 saturated carbocycles. The zero-order valence-electron chi connectivity index (χ0n) is 12.0. The van der Waals surface area contributed by atoms with Gasteiger partial charge in [-0.3, -0.25) is 9.59 Å². The summed E-state index contributed by atoms with van der Waals surface area (Å²) >= 11 is 0. The fourth-order valence-electron chi connectivity index (χ4n) is 1.70. The summed E-state index contributed by atoms with van der Waals surface area (Å²) in [5.41, 5.74) is 1.65. The van der Waals surface area contributed by atoms with E-state index in [9.17, 15) is 9.59 Å². The fraction of sp³-hybridized carbons (Fsp3) is 0.188. The van der Waals surface area contributed by atoms with Crippen LogP contribution in [0.1, 0.15) is 29.3 Å². The molecule has 2 aromatic rings. The van der Waals surface area contributed by atoms with E-state index in [-0.39, 0.29) is 11.8 Å². The van der Waals surface area contributed by atoms with Crippen LogP contribution < -0.4 is 10.6 Å². The summed E-state index contributed by atoms with van der Waals surface area (Å²) in [6.07, 6.45) is 0.377. The van der Waals surface area contributed by atoms with Crippen molar-refractivity contribution in [1.29, 1.82) is 0 Å². The van der Waals surface area contributed by atoms with E-state index in [4.69, 9.17) is 0 Å². The molecule has 0 aliphatic carbocycles. The summed E-state index contributed by atoms with van der Waals surface area (Å²) in [5.74, 6) is 0.462. The molecule has 0 bridgehead atoms. The van der Waals surface area contributed by atoms with Crippen LogP contribution in [0, 0.1) is 6.92 Å². The Labute approximate surface area is 123 Å². The summed E-state index contributed by atoms with van der Waals surface area (Å²) < 4.78 is 0. The summed E-state index contributed by atoms with van der Waals surface area (Å²) in [4.78, 5) is 27.6. The van der Waals surface area contributed by atoms with Crippen LogP contribution in [0.4, 0.5) is 11.6 Å². The molecule has 0 saturated heterocycles. The lowest BCUT2D eigenvalue weighted by Gasteiger charge is -2.07. The Bertz CT molecular complexity index is 651. The maximum absolute atomic E-state index is 12.1. The van der Waals surface area contributed by atoms with Gasteiger partial charge >= 0.3 is 0 Å². The van der Waals surface area contributed by atoms with Gasteiger partial charge in [-0.15, -0.1) is 0 Å². The molecule has 0 radical (unpaired) electrons. The van der Waals surface area contributed by atoms with Gasteiger partial charge in [-0.05, 0) is 31.2 Å². The molecule has 0 unspecified atom stereocenters. The number of anilines is 2. The van der Waals surface area contributed by atoms with Crippen molar-refractivity contribution < 1.29 is 9.59 Å². The molecule has 1 heterocycles. The minimum absolute atomic E-state index is 0.121. The smallest absolute Gasteiger partial charge is 0.256 e. The quantitative estimate of drug-likeness (QED) is 0.906. The van der Waals surface area contributed by atoms with Crippen molar-refractivity contribution in [3.05, 3.63) is 53.6 Å². The van der Waals surface area contributed by atoms with E-state index >= 15 is 0 Å². The highest BCUT2D eigenvalue weighted by molar-refractivity contribution is 6.03. The zero-order valence-corrected chi connectivity index (χ0v) is 12.0. The van der Waals surface area contributed by atoms with Gasteiger partial charge in [0, 0.05) is 12.0 Å². The van der Waals surface area contributed by atoms with Gasteiger partial charge in [0.05, 0.1) is 0 Å². The molecule has 5 heteroatoms.